The van der Waals surface area contributed by atoms with Gasteiger partial charge in [0.15, 0.2) is 0 Å². The third kappa shape index (κ3) is 2.62. The molecule has 7 heteroatoms. The van der Waals surface area contributed by atoms with Crippen molar-refractivity contribution in [2.45, 2.75) is 12.7 Å². The van der Waals surface area contributed by atoms with Crippen LogP contribution in [0.15, 0.2) is 48.8 Å². The lowest BCUT2D eigenvalue weighted by Gasteiger charge is -2.32. The van der Waals surface area contributed by atoms with Crippen molar-refractivity contribution in [1.82, 2.24) is 15.2 Å². The van der Waals surface area contributed by atoms with Gasteiger partial charge in [-0.25, -0.2) is 0 Å². The molecule has 0 aliphatic carbocycles. The van der Waals surface area contributed by atoms with Gasteiger partial charge >= 0.3 is 6.18 Å². The summed E-state index contributed by atoms with van der Waals surface area (Å²) < 4.78 is 38.9. The quantitative estimate of drug-likeness (QED) is 0.772. The average Bonchev–Trinajstić information content (AvgIpc) is 3.02. The predicted molar refractivity (Wildman–Crippen MR) is 84.4 cm³/mol. The minimum absolute atomic E-state index is 0.171. The Kier molecular flexibility index (Phi) is 3.30. The third-order valence-electron chi connectivity index (χ3n) is 4.02. The Labute approximate surface area is 136 Å². The SMILES string of the molecule is FC(F)(F)CN1Cc2cn[nH]c2-c2ccc(-c3ccccn3)cc21. The summed E-state index contributed by atoms with van der Waals surface area (Å²) >= 11 is 0. The van der Waals surface area contributed by atoms with E-state index in [1.807, 2.05) is 24.3 Å². The van der Waals surface area contributed by atoms with Crippen LogP contribution in [0.1, 0.15) is 5.56 Å². The van der Waals surface area contributed by atoms with E-state index in [0.717, 1.165) is 28.1 Å². The number of rotatable bonds is 2. The van der Waals surface area contributed by atoms with Gasteiger partial charge in [-0.15, -0.1) is 0 Å². The number of anilines is 1. The molecule has 24 heavy (non-hydrogen) atoms. The maximum atomic E-state index is 13.0. The van der Waals surface area contributed by atoms with E-state index in [1.54, 1.807) is 24.5 Å². The summed E-state index contributed by atoms with van der Waals surface area (Å²) in [6.07, 6.45) is -1.04. The molecule has 4 rings (SSSR count). The molecule has 0 bridgehead atoms. The molecule has 1 aliphatic heterocycles. The number of H-pyrrole nitrogens is 1. The van der Waals surface area contributed by atoms with Gasteiger partial charge in [0.1, 0.15) is 6.54 Å². The number of hydrogen-bond donors (Lipinski definition) is 1. The van der Waals surface area contributed by atoms with Gasteiger partial charge in [0.2, 0.25) is 0 Å². The third-order valence-corrected chi connectivity index (χ3v) is 4.02. The standard InChI is InChI=1S/C17H13F3N4/c18-17(19,20)10-24-9-12-8-22-23-16(12)13-5-4-11(7-15(13)24)14-3-1-2-6-21-14/h1-8H,9-10H2,(H,22,23). The second kappa shape index (κ2) is 5.36. The van der Waals surface area contributed by atoms with E-state index in [9.17, 15) is 13.2 Å². The largest absolute Gasteiger partial charge is 0.405 e. The van der Waals surface area contributed by atoms with Crippen LogP contribution in [-0.4, -0.2) is 27.9 Å². The molecule has 0 spiro atoms. The van der Waals surface area contributed by atoms with E-state index in [-0.39, 0.29) is 6.54 Å². The van der Waals surface area contributed by atoms with Gasteiger partial charge in [0, 0.05) is 35.1 Å². The first-order chi connectivity index (χ1) is 11.5. The fraction of sp³-hybridized carbons (Fsp3) is 0.176. The zero-order valence-electron chi connectivity index (χ0n) is 12.5. The van der Waals surface area contributed by atoms with Crippen LogP contribution in [0.25, 0.3) is 22.5 Å². The Hall–Kier alpha value is -2.83. The first-order valence-corrected chi connectivity index (χ1v) is 7.41. The van der Waals surface area contributed by atoms with E-state index in [0.29, 0.717) is 5.69 Å². The van der Waals surface area contributed by atoms with Gasteiger partial charge in [-0.05, 0) is 18.2 Å². The predicted octanol–water partition coefficient (Wildman–Crippen LogP) is 4.02. The molecule has 0 fully saturated rings. The van der Waals surface area contributed by atoms with Gasteiger partial charge < -0.3 is 4.90 Å². The molecule has 0 amide bonds. The first-order valence-electron chi connectivity index (χ1n) is 7.41. The van der Waals surface area contributed by atoms with Crippen molar-refractivity contribution in [1.29, 1.82) is 0 Å². The maximum Gasteiger partial charge on any atom is 0.405 e. The lowest BCUT2D eigenvalue weighted by Crippen LogP contribution is -2.35. The van der Waals surface area contributed by atoms with E-state index in [1.165, 1.54) is 4.90 Å². The normalized spacial score (nSPS) is 13.5. The van der Waals surface area contributed by atoms with Crippen LogP contribution in [0.4, 0.5) is 18.9 Å². The number of nitrogens with one attached hydrogen (secondary N) is 1. The van der Waals surface area contributed by atoms with Crippen molar-refractivity contribution >= 4 is 5.69 Å². The highest BCUT2D eigenvalue weighted by molar-refractivity contribution is 5.84. The van der Waals surface area contributed by atoms with E-state index >= 15 is 0 Å². The zero-order valence-corrected chi connectivity index (χ0v) is 12.5. The summed E-state index contributed by atoms with van der Waals surface area (Å²) in [6, 6.07) is 10.9. The second-order valence-electron chi connectivity index (χ2n) is 5.69. The number of aromatic nitrogens is 3. The highest BCUT2D eigenvalue weighted by Gasteiger charge is 2.34. The molecule has 0 saturated heterocycles. The summed E-state index contributed by atoms with van der Waals surface area (Å²) in [7, 11) is 0. The molecule has 0 radical (unpaired) electrons. The summed E-state index contributed by atoms with van der Waals surface area (Å²) in [5.41, 5.74) is 4.30. The highest BCUT2D eigenvalue weighted by atomic mass is 19.4. The molecule has 0 atom stereocenters. The monoisotopic (exact) mass is 330 g/mol. The maximum absolute atomic E-state index is 13.0. The van der Waals surface area contributed by atoms with E-state index in [2.05, 4.69) is 15.2 Å². The van der Waals surface area contributed by atoms with Crippen LogP contribution in [0.3, 0.4) is 0 Å². The molecule has 4 nitrogen and oxygen atoms in total. The molecule has 2 aromatic heterocycles. The number of fused-ring (bicyclic) bond motifs is 3. The molecule has 3 heterocycles. The number of hydrogen-bond acceptors (Lipinski definition) is 3. The van der Waals surface area contributed by atoms with Crippen LogP contribution in [0, 0.1) is 0 Å². The van der Waals surface area contributed by atoms with Gasteiger partial charge in [-0.2, -0.15) is 18.3 Å². The molecule has 122 valence electrons. The summed E-state index contributed by atoms with van der Waals surface area (Å²) in [4.78, 5) is 5.60. The number of nitrogens with zero attached hydrogens (tertiary/aromatic N) is 3. The summed E-state index contributed by atoms with van der Waals surface area (Å²) in [5, 5.41) is 6.85. The Morgan fingerprint density at radius 2 is 2.04 bits per heavy atom. The minimum atomic E-state index is -4.28. The fourth-order valence-corrected chi connectivity index (χ4v) is 3.01. The Morgan fingerprint density at radius 3 is 2.79 bits per heavy atom. The van der Waals surface area contributed by atoms with Crippen LogP contribution >= 0.6 is 0 Å². The Balaban J connectivity index is 1.83. The number of aromatic amines is 1. The number of halogens is 3. The lowest BCUT2D eigenvalue weighted by atomic mass is 9.97. The smallest absolute Gasteiger partial charge is 0.357 e. The second-order valence-corrected chi connectivity index (χ2v) is 5.69. The van der Waals surface area contributed by atoms with Crippen molar-refractivity contribution < 1.29 is 13.2 Å². The van der Waals surface area contributed by atoms with Crippen LogP contribution in [-0.2, 0) is 6.54 Å². The summed E-state index contributed by atoms with van der Waals surface area (Å²) in [5.74, 6) is 0. The number of alkyl halides is 3. The van der Waals surface area contributed by atoms with Crippen LogP contribution in [0.5, 0.6) is 0 Å². The molecule has 1 aromatic carbocycles. The van der Waals surface area contributed by atoms with Crippen molar-refractivity contribution in [3.8, 4) is 22.5 Å². The van der Waals surface area contributed by atoms with Crippen molar-refractivity contribution in [3.63, 3.8) is 0 Å². The zero-order chi connectivity index (χ0) is 16.7. The van der Waals surface area contributed by atoms with Crippen molar-refractivity contribution in [3.05, 3.63) is 54.4 Å². The Morgan fingerprint density at radius 1 is 1.17 bits per heavy atom. The first kappa shape index (κ1) is 14.7. The van der Waals surface area contributed by atoms with Gasteiger partial charge in [0.25, 0.3) is 0 Å². The van der Waals surface area contributed by atoms with Crippen molar-refractivity contribution in [2.75, 3.05) is 11.4 Å². The van der Waals surface area contributed by atoms with Crippen molar-refractivity contribution in [2.24, 2.45) is 0 Å². The molecule has 0 saturated carbocycles. The molecule has 3 aromatic rings. The Bertz CT molecular complexity index is 871. The fourth-order valence-electron chi connectivity index (χ4n) is 3.01. The van der Waals surface area contributed by atoms with Crippen LogP contribution in [0.2, 0.25) is 0 Å². The van der Waals surface area contributed by atoms with E-state index < -0.39 is 12.7 Å². The molecule has 1 aliphatic rings. The minimum Gasteiger partial charge on any atom is -0.357 e. The van der Waals surface area contributed by atoms with E-state index in [4.69, 9.17) is 0 Å². The number of benzene rings is 1. The molecule has 0 unspecified atom stereocenters. The summed E-state index contributed by atoms with van der Waals surface area (Å²) in [6.45, 7) is -0.833. The molecular weight excluding hydrogens is 317 g/mol. The topological polar surface area (TPSA) is 44.8 Å². The van der Waals surface area contributed by atoms with Gasteiger partial charge in [-0.1, -0.05) is 18.2 Å². The van der Waals surface area contributed by atoms with Gasteiger partial charge in [-0.3, -0.25) is 10.1 Å². The van der Waals surface area contributed by atoms with Gasteiger partial charge in [0.05, 0.1) is 17.6 Å². The molecular formula is C17H13F3N4. The lowest BCUT2D eigenvalue weighted by molar-refractivity contribution is -0.119. The molecule has 1 N–H and O–H groups in total. The average molecular weight is 330 g/mol. The highest BCUT2D eigenvalue weighted by Crippen LogP contribution is 2.40. The number of pyridine rings is 1. The van der Waals surface area contributed by atoms with Crippen LogP contribution < -0.4 is 4.90 Å².